The Morgan fingerprint density at radius 2 is 1.95 bits per heavy atom. The fraction of sp³-hybridized carbons (Fsp3) is 0.600. The number of benzene rings is 1. The minimum atomic E-state index is -0.108. The maximum absolute atomic E-state index is 6.16. The molecule has 0 radical (unpaired) electrons. The molecule has 2 unspecified atom stereocenters. The van der Waals surface area contributed by atoms with Crippen molar-refractivity contribution in [3.8, 4) is 0 Å². The number of hydrogen-bond donors (Lipinski definition) is 1. The van der Waals surface area contributed by atoms with E-state index in [1.54, 1.807) is 7.11 Å². The van der Waals surface area contributed by atoms with E-state index in [9.17, 15) is 0 Å². The number of nitrogens with two attached hydrogens (primary N) is 1. The monoisotopic (exact) mass is 345 g/mol. The predicted octanol–water partition coefficient (Wildman–Crippen LogP) is 2.91. The van der Waals surface area contributed by atoms with E-state index in [0.717, 1.165) is 16.5 Å². The maximum atomic E-state index is 6.16. The van der Waals surface area contributed by atoms with Gasteiger partial charge in [-0.15, -0.1) is 0 Å². The maximum Gasteiger partial charge on any atom is 0.0977 e. The minimum absolute atomic E-state index is 0.0247. The Hall–Kier alpha value is -0.460. The molecule has 0 bridgehead atoms. The van der Waals surface area contributed by atoms with Crippen LogP contribution in [0, 0.1) is 0 Å². The van der Waals surface area contributed by atoms with Crippen LogP contribution in [-0.4, -0.2) is 39.6 Å². The van der Waals surface area contributed by atoms with Crippen LogP contribution in [0.4, 0.5) is 0 Å². The highest BCUT2D eigenvalue weighted by Crippen LogP contribution is 2.24. The summed E-state index contributed by atoms with van der Waals surface area (Å²) in [6.45, 7) is 4.32. The summed E-state index contributed by atoms with van der Waals surface area (Å²) in [6, 6.07) is 8.05. The van der Waals surface area contributed by atoms with Crippen molar-refractivity contribution >= 4 is 15.9 Å². The molecule has 20 heavy (non-hydrogen) atoms. The highest BCUT2D eigenvalue weighted by atomic mass is 79.9. The van der Waals surface area contributed by atoms with Gasteiger partial charge in [0, 0.05) is 17.6 Å². The van der Waals surface area contributed by atoms with Crippen LogP contribution >= 0.6 is 15.9 Å². The van der Waals surface area contributed by atoms with Crippen molar-refractivity contribution < 1.29 is 14.2 Å². The Kier molecular flexibility index (Phi) is 9.05. The Bertz CT molecular complexity index is 376. The molecule has 0 aliphatic carbocycles. The normalized spacial score (nSPS) is 14.2. The molecular formula is C15H24BrNO3. The Balaban J connectivity index is 2.49. The van der Waals surface area contributed by atoms with E-state index in [1.807, 2.05) is 24.3 Å². The molecule has 5 heteroatoms. The van der Waals surface area contributed by atoms with E-state index in [4.69, 9.17) is 19.9 Å². The van der Waals surface area contributed by atoms with Gasteiger partial charge in [0.15, 0.2) is 0 Å². The fourth-order valence-electron chi connectivity index (χ4n) is 1.84. The van der Waals surface area contributed by atoms with Gasteiger partial charge in [0.2, 0.25) is 0 Å². The van der Waals surface area contributed by atoms with Crippen LogP contribution in [0.15, 0.2) is 28.7 Å². The van der Waals surface area contributed by atoms with Gasteiger partial charge in [0.05, 0.1) is 32.5 Å². The third-order valence-electron chi connectivity index (χ3n) is 2.99. The summed E-state index contributed by atoms with van der Waals surface area (Å²) in [5.74, 6) is 0. The average Bonchev–Trinajstić information content (AvgIpc) is 2.46. The number of halogens is 1. The first kappa shape index (κ1) is 17.6. The molecular weight excluding hydrogens is 322 g/mol. The van der Waals surface area contributed by atoms with Crippen molar-refractivity contribution in [3.63, 3.8) is 0 Å². The van der Waals surface area contributed by atoms with Gasteiger partial charge in [-0.25, -0.2) is 0 Å². The van der Waals surface area contributed by atoms with E-state index in [0.29, 0.717) is 26.4 Å². The number of methoxy groups -OCH3 is 1. The van der Waals surface area contributed by atoms with E-state index in [1.165, 1.54) is 0 Å². The topological polar surface area (TPSA) is 53.7 Å². The lowest BCUT2D eigenvalue weighted by Crippen LogP contribution is -2.30. The average molecular weight is 346 g/mol. The highest BCUT2D eigenvalue weighted by molar-refractivity contribution is 9.10. The van der Waals surface area contributed by atoms with Gasteiger partial charge >= 0.3 is 0 Å². The lowest BCUT2D eigenvalue weighted by molar-refractivity contribution is -0.0166. The lowest BCUT2D eigenvalue weighted by Gasteiger charge is -2.24. The fourth-order valence-corrected chi connectivity index (χ4v) is 2.26. The van der Waals surface area contributed by atoms with Crippen molar-refractivity contribution in [2.45, 2.75) is 25.5 Å². The van der Waals surface area contributed by atoms with E-state index in [-0.39, 0.29) is 12.1 Å². The highest BCUT2D eigenvalue weighted by Gasteiger charge is 2.19. The zero-order valence-electron chi connectivity index (χ0n) is 12.2. The summed E-state index contributed by atoms with van der Waals surface area (Å²) in [6.07, 6.45) is 0.755. The van der Waals surface area contributed by atoms with Crippen molar-refractivity contribution in [1.82, 2.24) is 0 Å². The number of hydrogen-bond acceptors (Lipinski definition) is 4. The second-order valence-electron chi connectivity index (χ2n) is 4.52. The van der Waals surface area contributed by atoms with Gasteiger partial charge in [0.1, 0.15) is 0 Å². The summed E-state index contributed by atoms with van der Waals surface area (Å²) in [5, 5.41) is 0. The quantitative estimate of drug-likeness (QED) is 0.662. The molecule has 1 aromatic carbocycles. The van der Waals surface area contributed by atoms with Gasteiger partial charge < -0.3 is 19.9 Å². The van der Waals surface area contributed by atoms with Crippen LogP contribution in [0.25, 0.3) is 0 Å². The molecule has 114 valence electrons. The smallest absolute Gasteiger partial charge is 0.0977 e. The second kappa shape index (κ2) is 10.3. The molecule has 0 aliphatic heterocycles. The van der Waals surface area contributed by atoms with Crippen LogP contribution in [-0.2, 0) is 14.2 Å². The molecule has 0 heterocycles. The van der Waals surface area contributed by atoms with E-state index < -0.39 is 0 Å². The van der Waals surface area contributed by atoms with Crippen molar-refractivity contribution in [2.24, 2.45) is 5.73 Å². The predicted molar refractivity (Wildman–Crippen MR) is 83.8 cm³/mol. The number of ether oxygens (including phenoxy) is 3. The molecule has 0 saturated carbocycles. The largest absolute Gasteiger partial charge is 0.382 e. The van der Waals surface area contributed by atoms with Gasteiger partial charge in [-0.1, -0.05) is 35.0 Å². The zero-order chi connectivity index (χ0) is 14.8. The van der Waals surface area contributed by atoms with Crippen molar-refractivity contribution in [3.05, 3.63) is 34.3 Å². The molecule has 2 atom stereocenters. The minimum Gasteiger partial charge on any atom is -0.382 e. The standard InChI is InChI=1S/C15H24BrNO3/c1-3-14(17)15(12-5-4-6-13(16)11-12)20-10-9-19-8-7-18-2/h4-6,11,14-15H,3,7-10,17H2,1-2H3. The Morgan fingerprint density at radius 3 is 2.60 bits per heavy atom. The molecule has 0 amide bonds. The Labute approximate surface area is 129 Å². The summed E-state index contributed by atoms with van der Waals surface area (Å²) in [5.41, 5.74) is 7.25. The van der Waals surface area contributed by atoms with E-state index >= 15 is 0 Å². The molecule has 0 aromatic heterocycles. The second-order valence-corrected chi connectivity index (χ2v) is 5.44. The van der Waals surface area contributed by atoms with Gasteiger partial charge in [-0.05, 0) is 24.1 Å². The third kappa shape index (κ3) is 6.33. The van der Waals surface area contributed by atoms with Gasteiger partial charge in [-0.2, -0.15) is 0 Å². The summed E-state index contributed by atoms with van der Waals surface area (Å²) in [4.78, 5) is 0. The lowest BCUT2D eigenvalue weighted by atomic mass is 10.0. The molecule has 0 saturated heterocycles. The van der Waals surface area contributed by atoms with Crippen molar-refractivity contribution in [2.75, 3.05) is 33.5 Å². The SMILES string of the molecule is CCC(N)C(OCCOCCOC)c1cccc(Br)c1. The summed E-state index contributed by atoms with van der Waals surface area (Å²) >= 11 is 3.48. The summed E-state index contributed by atoms with van der Waals surface area (Å²) in [7, 11) is 1.66. The van der Waals surface area contributed by atoms with Crippen LogP contribution in [0.2, 0.25) is 0 Å². The third-order valence-corrected chi connectivity index (χ3v) is 3.49. The zero-order valence-corrected chi connectivity index (χ0v) is 13.8. The molecule has 0 fully saturated rings. The van der Waals surface area contributed by atoms with Crippen LogP contribution in [0.5, 0.6) is 0 Å². The summed E-state index contributed by atoms with van der Waals surface area (Å²) < 4.78 is 17.2. The Morgan fingerprint density at radius 1 is 1.20 bits per heavy atom. The first-order valence-corrected chi connectivity index (χ1v) is 7.67. The van der Waals surface area contributed by atoms with Gasteiger partial charge in [-0.3, -0.25) is 0 Å². The first-order valence-electron chi connectivity index (χ1n) is 6.88. The molecule has 0 aliphatic rings. The molecule has 1 rings (SSSR count). The van der Waals surface area contributed by atoms with Crippen molar-refractivity contribution in [1.29, 1.82) is 0 Å². The van der Waals surface area contributed by atoms with Crippen LogP contribution < -0.4 is 5.73 Å². The molecule has 2 N–H and O–H groups in total. The van der Waals surface area contributed by atoms with Crippen LogP contribution in [0.3, 0.4) is 0 Å². The first-order chi connectivity index (χ1) is 9.69. The van der Waals surface area contributed by atoms with Crippen LogP contribution in [0.1, 0.15) is 25.0 Å². The van der Waals surface area contributed by atoms with E-state index in [2.05, 4.69) is 22.9 Å². The molecule has 0 spiro atoms. The number of rotatable bonds is 10. The molecule has 4 nitrogen and oxygen atoms in total. The van der Waals surface area contributed by atoms with Gasteiger partial charge in [0.25, 0.3) is 0 Å². The molecule has 1 aromatic rings.